The van der Waals surface area contributed by atoms with Crippen molar-refractivity contribution < 1.29 is 18.7 Å². The van der Waals surface area contributed by atoms with Crippen LogP contribution in [0.25, 0.3) is 11.0 Å². The van der Waals surface area contributed by atoms with Gasteiger partial charge in [0.25, 0.3) is 0 Å². The van der Waals surface area contributed by atoms with Crippen molar-refractivity contribution in [3.63, 3.8) is 0 Å². The lowest BCUT2D eigenvalue weighted by Gasteiger charge is -2.22. The maximum absolute atomic E-state index is 13.4. The van der Waals surface area contributed by atoms with Crippen molar-refractivity contribution in [3.05, 3.63) is 77.8 Å². The first kappa shape index (κ1) is 19.3. The number of carbonyl (C=O) groups excluding carboxylic acids is 1. The number of hydrogen-bond donors (Lipinski definition) is 1. The van der Waals surface area contributed by atoms with E-state index >= 15 is 0 Å². The van der Waals surface area contributed by atoms with E-state index in [4.69, 9.17) is 9.47 Å². The van der Waals surface area contributed by atoms with Crippen molar-refractivity contribution in [1.82, 2.24) is 19.9 Å². The number of imidazole rings is 1. The molecule has 0 amide bonds. The van der Waals surface area contributed by atoms with Crippen LogP contribution in [0.1, 0.15) is 40.6 Å². The highest BCUT2D eigenvalue weighted by Crippen LogP contribution is 2.32. The zero-order chi connectivity index (χ0) is 21.2. The summed E-state index contributed by atoms with van der Waals surface area (Å²) in [6.07, 6.45) is 5.02. The molecule has 0 atom stereocenters. The maximum Gasteiger partial charge on any atom is 0.241 e. The van der Waals surface area contributed by atoms with Gasteiger partial charge in [-0.3, -0.25) is 9.78 Å². The zero-order valence-corrected chi connectivity index (χ0v) is 16.5. The predicted molar refractivity (Wildman–Crippen MR) is 111 cm³/mol. The molecule has 1 N–H and O–H groups in total. The first-order chi connectivity index (χ1) is 15.2. The summed E-state index contributed by atoms with van der Waals surface area (Å²) in [5.41, 5.74) is 2.27. The number of rotatable bonds is 5. The van der Waals surface area contributed by atoms with Crippen molar-refractivity contribution in [3.8, 4) is 11.6 Å². The van der Waals surface area contributed by atoms with Crippen LogP contribution in [0.15, 0.2) is 54.9 Å². The molecular formula is C23H19FN4O3. The lowest BCUT2D eigenvalue weighted by atomic mass is 9.96. The standard InChI is InChI=1S/C23H19FN4O3/c24-16-3-6-18-19(13-16)28-22(27-18)21(29)15-1-4-17(5-2-15)31-23-20(25-9-10-26-23)14-7-11-30-12-8-14/h1-6,9-10,13-14H,7-8,11-12H2,(H,27,28). The van der Waals surface area contributed by atoms with Gasteiger partial charge >= 0.3 is 0 Å². The van der Waals surface area contributed by atoms with Crippen molar-refractivity contribution in [2.45, 2.75) is 18.8 Å². The first-order valence-corrected chi connectivity index (χ1v) is 10.0. The molecule has 0 unspecified atom stereocenters. The van der Waals surface area contributed by atoms with Gasteiger partial charge in [-0.1, -0.05) is 0 Å². The molecule has 3 heterocycles. The number of aromatic nitrogens is 4. The van der Waals surface area contributed by atoms with E-state index in [9.17, 15) is 9.18 Å². The van der Waals surface area contributed by atoms with E-state index in [0.29, 0.717) is 41.4 Å². The number of ether oxygens (including phenoxy) is 2. The fourth-order valence-corrected chi connectivity index (χ4v) is 3.68. The van der Waals surface area contributed by atoms with Crippen molar-refractivity contribution in [2.24, 2.45) is 0 Å². The SMILES string of the molecule is O=C(c1ccc(Oc2nccnc2C2CCOCC2)cc1)c1nc2ccc(F)cc2[nH]1. The summed E-state index contributed by atoms with van der Waals surface area (Å²) in [7, 11) is 0. The van der Waals surface area contributed by atoms with Crippen molar-refractivity contribution in [2.75, 3.05) is 13.2 Å². The average Bonchev–Trinajstić information content (AvgIpc) is 3.23. The van der Waals surface area contributed by atoms with Gasteiger partial charge in [-0.05, 0) is 55.3 Å². The Morgan fingerprint density at radius 1 is 1.06 bits per heavy atom. The number of ketones is 1. The minimum atomic E-state index is -0.388. The van der Waals surface area contributed by atoms with Gasteiger partial charge < -0.3 is 14.5 Å². The molecule has 0 aliphatic carbocycles. The van der Waals surface area contributed by atoms with E-state index < -0.39 is 0 Å². The summed E-state index contributed by atoms with van der Waals surface area (Å²) in [6, 6.07) is 10.9. The van der Waals surface area contributed by atoms with Crippen LogP contribution in [0.4, 0.5) is 4.39 Å². The minimum absolute atomic E-state index is 0.157. The number of H-pyrrole nitrogens is 1. The Bertz CT molecular complexity index is 1230. The van der Waals surface area contributed by atoms with Crippen LogP contribution in [0.3, 0.4) is 0 Å². The van der Waals surface area contributed by atoms with Crippen LogP contribution in [-0.2, 0) is 4.74 Å². The van der Waals surface area contributed by atoms with Gasteiger partial charge in [-0.2, -0.15) is 0 Å². The highest BCUT2D eigenvalue weighted by molar-refractivity contribution is 6.08. The van der Waals surface area contributed by atoms with Gasteiger partial charge in [-0.25, -0.2) is 14.4 Å². The maximum atomic E-state index is 13.4. The number of benzene rings is 2. The number of nitrogens with zero attached hydrogens (tertiary/aromatic N) is 3. The number of aromatic amines is 1. The second-order valence-electron chi connectivity index (χ2n) is 7.34. The van der Waals surface area contributed by atoms with Gasteiger partial charge in [0, 0.05) is 37.1 Å². The summed E-state index contributed by atoms with van der Waals surface area (Å²) in [5.74, 6) is 0.748. The van der Waals surface area contributed by atoms with E-state index in [2.05, 4.69) is 19.9 Å². The van der Waals surface area contributed by atoms with E-state index in [1.54, 1.807) is 36.7 Å². The third-order valence-corrected chi connectivity index (χ3v) is 5.29. The van der Waals surface area contributed by atoms with Crippen LogP contribution in [0.2, 0.25) is 0 Å². The Morgan fingerprint density at radius 3 is 2.65 bits per heavy atom. The highest BCUT2D eigenvalue weighted by atomic mass is 19.1. The lowest BCUT2D eigenvalue weighted by molar-refractivity contribution is 0.0839. The summed E-state index contributed by atoms with van der Waals surface area (Å²) >= 11 is 0. The highest BCUT2D eigenvalue weighted by Gasteiger charge is 2.22. The molecule has 1 fully saturated rings. The molecule has 2 aromatic carbocycles. The lowest BCUT2D eigenvalue weighted by Crippen LogP contribution is -2.16. The largest absolute Gasteiger partial charge is 0.437 e. The van der Waals surface area contributed by atoms with Gasteiger partial charge in [0.1, 0.15) is 17.3 Å². The Labute approximate surface area is 177 Å². The normalized spacial score (nSPS) is 14.6. The van der Waals surface area contributed by atoms with Crippen LogP contribution < -0.4 is 4.74 Å². The van der Waals surface area contributed by atoms with E-state index in [1.165, 1.54) is 18.2 Å². The first-order valence-electron chi connectivity index (χ1n) is 10.0. The fourth-order valence-electron chi connectivity index (χ4n) is 3.68. The van der Waals surface area contributed by atoms with E-state index in [-0.39, 0.29) is 23.3 Å². The third-order valence-electron chi connectivity index (χ3n) is 5.29. The molecule has 0 bridgehead atoms. The molecule has 4 aromatic rings. The molecule has 156 valence electrons. The Balaban J connectivity index is 1.35. The third kappa shape index (κ3) is 4.02. The molecule has 0 radical (unpaired) electrons. The van der Waals surface area contributed by atoms with Crippen LogP contribution in [0, 0.1) is 5.82 Å². The molecule has 2 aromatic heterocycles. The molecule has 1 aliphatic rings. The number of nitrogens with one attached hydrogen (secondary N) is 1. The smallest absolute Gasteiger partial charge is 0.241 e. The molecule has 1 saturated heterocycles. The molecule has 0 spiro atoms. The second kappa shape index (κ2) is 8.23. The monoisotopic (exact) mass is 418 g/mol. The second-order valence-corrected chi connectivity index (χ2v) is 7.34. The molecule has 1 aliphatic heterocycles. The summed E-state index contributed by atoms with van der Waals surface area (Å²) in [5, 5.41) is 0. The topological polar surface area (TPSA) is 90.0 Å². The van der Waals surface area contributed by atoms with Crippen molar-refractivity contribution in [1.29, 1.82) is 0 Å². The summed E-state index contributed by atoms with van der Waals surface area (Å²) in [4.78, 5) is 28.7. The zero-order valence-electron chi connectivity index (χ0n) is 16.5. The van der Waals surface area contributed by atoms with E-state index in [0.717, 1.165) is 18.5 Å². The number of hydrogen-bond acceptors (Lipinski definition) is 6. The van der Waals surface area contributed by atoms with Gasteiger partial charge in [0.05, 0.1) is 11.0 Å². The van der Waals surface area contributed by atoms with Crippen LogP contribution in [-0.4, -0.2) is 38.9 Å². The van der Waals surface area contributed by atoms with E-state index in [1.807, 2.05) is 0 Å². The molecule has 8 heteroatoms. The Morgan fingerprint density at radius 2 is 1.84 bits per heavy atom. The predicted octanol–water partition coefficient (Wildman–Crippen LogP) is 4.41. The Hall–Kier alpha value is -3.65. The minimum Gasteiger partial charge on any atom is -0.437 e. The number of carbonyl (C=O) groups is 1. The number of halogens is 1. The molecule has 31 heavy (non-hydrogen) atoms. The van der Waals surface area contributed by atoms with Gasteiger partial charge in [0.2, 0.25) is 11.7 Å². The van der Waals surface area contributed by atoms with Crippen LogP contribution in [0.5, 0.6) is 11.6 Å². The van der Waals surface area contributed by atoms with Crippen molar-refractivity contribution >= 4 is 16.8 Å². The van der Waals surface area contributed by atoms with Gasteiger partial charge in [-0.15, -0.1) is 0 Å². The molecule has 0 saturated carbocycles. The summed E-state index contributed by atoms with van der Waals surface area (Å²) < 4.78 is 24.8. The molecule has 5 rings (SSSR count). The summed E-state index contributed by atoms with van der Waals surface area (Å²) in [6.45, 7) is 1.40. The Kier molecular flexibility index (Phi) is 5.13. The quantitative estimate of drug-likeness (QED) is 0.483. The average molecular weight is 418 g/mol. The fraction of sp³-hybridized carbons (Fsp3) is 0.217. The molecule has 7 nitrogen and oxygen atoms in total. The van der Waals surface area contributed by atoms with Gasteiger partial charge in [0.15, 0.2) is 5.82 Å². The number of fused-ring (bicyclic) bond motifs is 1. The molecular weight excluding hydrogens is 399 g/mol. The van der Waals surface area contributed by atoms with Crippen LogP contribution >= 0.6 is 0 Å².